The lowest BCUT2D eigenvalue weighted by molar-refractivity contribution is 0.233. The second kappa shape index (κ2) is 6.47. The number of sulfonamides is 1. The predicted molar refractivity (Wildman–Crippen MR) is 77.5 cm³/mol. The lowest BCUT2D eigenvalue weighted by Crippen LogP contribution is -2.37. The Morgan fingerprint density at radius 1 is 1.28 bits per heavy atom. The molecule has 7 heteroatoms. The van der Waals surface area contributed by atoms with Crippen LogP contribution in [-0.4, -0.2) is 39.5 Å². The number of nitrogens with zero attached hydrogens (tertiary/aromatic N) is 1. The van der Waals surface area contributed by atoms with Gasteiger partial charge < -0.3 is 4.90 Å². The van der Waals surface area contributed by atoms with Crippen LogP contribution in [0.3, 0.4) is 0 Å². The first-order valence-corrected chi connectivity index (χ1v) is 9.14. The Labute approximate surface area is 121 Å². The Bertz CT molecular complexity index is 481. The second-order valence-electron chi connectivity index (χ2n) is 4.36. The van der Waals surface area contributed by atoms with Crippen LogP contribution in [0.4, 0.5) is 0 Å². The van der Waals surface area contributed by atoms with E-state index in [1.165, 1.54) is 30.6 Å². The Hall–Kier alpha value is 0.0500. The van der Waals surface area contributed by atoms with E-state index in [1.807, 2.05) is 0 Å². The number of hydrogen-bond donors (Lipinski definition) is 1. The molecule has 1 saturated heterocycles. The summed E-state index contributed by atoms with van der Waals surface area (Å²) >= 11 is 4.51. The summed E-state index contributed by atoms with van der Waals surface area (Å²) in [7, 11) is -3.33. The summed E-state index contributed by atoms with van der Waals surface area (Å²) in [5.74, 6) is 0. The molecule has 4 nitrogen and oxygen atoms in total. The van der Waals surface area contributed by atoms with Gasteiger partial charge in [0.2, 0.25) is 10.0 Å². The minimum Gasteiger partial charge on any atom is -0.302 e. The van der Waals surface area contributed by atoms with Crippen molar-refractivity contribution in [3.8, 4) is 0 Å². The van der Waals surface area contributed by atoms with Crippen LogP contribution in [0, 0.1) is 0 Å². The molecule has 102 valence electrons. The molecule has 0 bridgehead atoms. The molecule has 1 aromatic rings. The van der Waals surface area contributed by atoms with Gasteiger partial charge in [-0.2, -0.15) is 0 Å². The fourth-order valence-corrected chi connectivity index (χ4v) is 5.11. The van der Waals surface area contributed by atoms with Gasteiger partial charge in [0, 0.05) is 13.1 Å². The van der Waals surface area contributed by atoms with Crippen molar-refractivity contribution >= 4 is 37.3 Å². The first-order chi connectivity index (χ1) is 8.58. The van der Waals surface area contributed by atoms with Crippen molar-refractivity contribution in [3.05, 3.63) is 15.9 Å². The first kappa shape index (κ1) is 14.5. The lowest BCUT2D eigenvalue weighted by Gasteiger charge is -2.26. The molecule has 1 aromatic heterocycles. The SMILES string of the molecule is O=S(=O)(NCCN1CCCCC1)c1ccc(Br)s1. The molecule has 0 spiro atoms. The Morgan fingerprint density at radius 3 is 2.61 bits per heavy atom. The summed E-state index contributed by atoms with van der Waals surface area (Å²) < 4.78 is 27.8. The molecular formula is C11H17BrN2O2S2. The van der Waals surface area contributed by atoms with Gasteiger partial charge in [-0.1, -0.05) is 6.42 Å². The minimum absolute atomic E-state index is 0.369. The average molecular weight is 353 g/mol. The number of rotatable bonds is 5. The Morgan fingerprint density at radius 2 is 2.00 bits per heavy atom. The molecule has 18 heavy (non-hydrogen) atoms. The van der Waals surface area contributed by atoms with E-state index in [4.69, 9.17) is 0 Å². The van der Waals surface area contributed by atoms with Gasteiger partial charge in [-0.25, -0.2) is 13.1 Å². The van der Waals surface area contributed by atoms with Gasteiger partial charge in [0.15, 0.2) is 0 Å². The molecule has 0 aromatic carbocycles. The van der Waals surface area contributed by atoms with E-state index in [-0.39, 0.29) is 0 Å². The molecule has 2 rings (SSSR count). The van der Waals surface area contributed by atoms with E-state index in [0.717, 1.165) is 23.4 Å². The van der Waals surface area contributed by atoms with Gasteiger partial charge in [0.1, 0.15) is 4.21 Å². The zero-order valence-electron chi connectivity index (χ0n) is 10.1. The third kappa shape index (κ3) is 4.03. The summed E-state index contributed by atoms with van der Waals surface area (Å²) in [6.45, 7) is 3.46. The predicted octanol–water partition coefficient (Wildman–Crippen LogP) is 2.27. The van der Waals surface area contributed by atoms with Crippen molar-refractivity contribution in [2.24, 2.45) is 0 Å². The molecule has 2 heterocycles. The molecular weight excluding hydrogens is 336 g/mol. The molecule has 0 amide bonds. The standard InChI is InChI=1S/C11H17BrN2O2S2/c12-10-4-5-11(17-10)18(15,16)13-6-9-14-7-2-1-3-8-14/h4-5,13H,1-3,6-9H2. The summed E-state index contributed by atoms with van der Waals surface area (Å²) in [5.41, 5.74) is 0. The number of halogens is 1. The third-order valence-electron chi connectivity index (χ3n) is 2.98. The van der Waals surface area contributed by atoms with Crippen LogP contribution in [0.5, 0.6) is 0 Å². The highest BCUT2D eigenvalue weighted by Crippen LogP contribution is 2.25. The normalized spacial score (nSPS) is 18.1. The fraction of sp³-hybridized carbons (Fsp3) is 0.636. The van der Waals surface area contributed by atoms with Crippen LogP contribution in [0.2, 0.25) is 0 Å². The van der Waals surface area contributed by atoms with Gasteiger partial charge in [-0.05, 0) is 54.0 Å². The van der Waals surface area contributed by atoms with Gasteiger partial charge in [-0.15, -0.1) is 11.3 Å². The van der Waals surface area contributed by atoms with Crippen molar-refractivity contribution in [1.82, 2.24) is 9.62 Å². The Kier molecular flexibility index (Phi) is 5.20. The zero-order valence-corrected chi connectivity index (χ0v) is 13.3. The summed E-state index contributed by atoms with van der Waals surface area (Å²) in [5, 5.41) is 0. The van der Waals surface area contributed by atoms with Crippen LogP contribution in [0.25, 0.3) is 0 Å². The molecule has 1 fully saturated rings. The number of thiophene rings is 1. The van der Waals surface area contributed by atoms with Crippen molar-refractivity contribution < 1.29 is 8.42 Å². The maximum Gasteiger partial charge on any atom is 0.250 e. The quantitative estimate of drug-likeness (QED) is 0.884. The van der Waals surface area contributed by atoms with Crippen LogP contribution in [-0.2, 0) is 10.0 Å². The van der Waals surface area contributed by atoms with Gasteiger partial charge >= 0.3 is 0 Å². The fourth-order valence-electron chi connectivity index (χ4n) is 2.03. The molecule has 0 aliphatic carbocycles. The topological polar surface area (TPSA) is 49.4 Å². The van der Waals surface area contributed by atoms with E-state index in [0.29, 0.717) is 10.8 Å². The van der Waals surface area contributed by atoms with E-state index in [1.54, 1.807) is 12.1 Å². The van der Waals surface area contributed by atoms with Crippen LogP contribution >= 0.6 is 27.3 Å². The van der Waals surface area contributed by atoms with Crippen molar-refractivity contribution in [1.29, 1.82) is 0 Å². The number of likely N-dealkylation sites (tertiary alicyclic amines) is 1. The van der Waals surface area contributed by atoms with E-state index < -0.39 is 10.0 Å². The van der Waals surface area contributed by atoms with Gasteiger partial charge in [0.25, 0.3) is 0 Å². The lowest BCUT2D eigenvalue weighted by atomic mass is 10.1. The smallest absolute Gasteiger partial charge is 0.250 e. The van der Waals surface area contributed by atoms with Gasteiger partial charge in [0.05, 0.1) is 3.79 Å². The van der Waals surface area contributed by atoms with Crippen molar-refractivity contribution in [2.75, 3.05) is 26.2 Å². The van der Waals surface area contributed by atoms with E-state index >= 15 is 0 Å². The third-order valence-corrected chi connectivity index (χ3v) is 6.56. The molecule has 1 N–H and O–H groups in total. The molecule has 1 aliphatic heterocycles. The molecule has 0 atom stereocenters. The Balaban J connectivity index is 1.82. The molecule has 1 aliphatic rings. The number of hydrogen-bond acceptors (Lipinski definition) is 4. The summed E-state index contributed by atoms with van der Waals surface area (Å²) in [4.78, 5) is 2.32. The van der Waals surface area contributed by atoms with Crippen molar-refractivity contribution in [3.63, 3.8) is 0 Å². The number of piperidine rings is 1. The average Bonchev–Trinajstić information content (AvgIpc) is 2.78. The molecule has 0 radical (unpaired) electrons. The zero-order chi connectivity index (χ0) is 13.0. The van der Waals surface area contributed by atoms with Gasteiger partial charge in [-0.3, -0.25) is 0 Å². The summed E-state index contributed by atoms with van der Waals surface area (Å²) in [6, 6.07) is 3.38. The van der Waals surface area contributed by atoms with Crippen LogP contribution in [0.15, 0.2) is 20.1 Å². The minimum atomic E-state index is -3.33. The maximum absolute atomic E-state index is 11.9. The largest absolute Gasteiger partial charge is 0.302 e. The number of nitrogens with one attached hydrogen (secondary N) is 1. The highest BCUT2D eigenvalue weighted by atomic mass is 79.9. The maximum atomic E-state index is 11.9. The van der Waals surface area contributed by atoms with Crippen LogP contribution < -0.4 is 4.72 Å². The molecule has 0 unspecified atom stereocenters. The van der Waals surface area contributed by atoms with E-state index in [2.05, 4.69) is 25.6 Å². The highest BCUT2D eigenvalue weighted by Gasteiger charge is 2.17. The highest BCUT2D eigenvalue weighted by molar-refractivity contribution is 9.11. The van der Waals surface area contributed by atoms with E-state index in [9.17, 15) is 8.42 Å². The second-order valence-corrected chi connectivity index (χ2v) is 8.82. The monoisotopic (exact) mass is 352 g/mol. The van der Waals surface area contributed by atoms with Crippen LogP contribution in [0.1, 0.15) is 19.3 Å². The first-order valence-electron chi connectivity index (χ1n) is 6.05. The summed E-state index contributed by atoms with van der Waals surface area (Å²) in [6.07, 6.45) is 3.75. The van der Waals surface area contributed by atoms with Crippen molar-refractivity contribution in [2.45, 2.75) is 23.5 Å². The molecule has 0 saturated carbocycles.